The molecule has 0 amide bonds. The SMILES string of the molecule is CCc1ccccc1CNc1ccc(C#N)cc1N. The first-order valence-corrected chi connectivity index (χ1v) is 6.35. The summed E-state index contributed by atoms with van der Waals surface area (Å²) in [6.07, 6.45) is 1.01. The molecule has 2 rings (SSSR count). The fourth-order valence-corrected chi connectivity index (χ4v) is 2.06. The molecule has 0 aromatic heterocycles. The number of nitriles is 1. The smallest absolute Gasteiger partial charge is 0.0992 e. The summed E-state index contributed by atoms with van der Waals surface area (Å²) in [5.41, 5.74) is 10.6. The molecule has 3 nitrogen and oxygen atoms in total. The number of rotatable bonds is 4. The van der Waals surface area contributed by atoms with Gasteiger partial charge in [-0.25, -0.2) is 0 Å². The van der Waals surface area contributed by atoms with Crippen molar-refractivity contribution in [3.8, 4) is 6.07 Å². The lowest BCUT2D eigenvalue weighted by molar-refractivity contribution is 1.04. The zero-order valence-electron chi connectivity index (χ0n) is 11.0. The number of nitrogens with zero attached hydrogens (tertiary/aromatic N) is 1. The van der Waals surface area contributed by atoms with E-state index in [0.29, 0.717) is 11.3 Å². The number of nitrogen functional groups attached to an aromatic ring is 1. The standard InChI is InChI=1S/C16H17N3/c1-2-13-5-3-4-6-14(13)11-19-16-8-7-12(10-17)9-15(16)18/h3-9,19H,2,11,18H2,1H3. The molecule has 0 radical (unpaired) electrons. The van der Waals surface area contributed by atoms with E-state index in [9.17, 15) is 0 Å². The Morgan fingerprint density at radius 1 is 1.16 bits per heavy atom. The minimum absolute atomic E-state index is 0.581. The summed E-state index contributed by atoms with van der Waals surface area (Å²) in [7, 11) is 0. The molecule has 19 heavy (non-hydrogen) atoms. The second-order valence-electron chi connectivity index (χ2n) is 4.39. The van der Waals surface area contributed by atoms with E-state index in [4.69, 9.17) is 11.0 Å². The first-order valence-electron chi connectivity index (χ1n) is 6.35. The topological polar surface area (TPSA) is 61.8 Å². The van der Waals surface area contributed by atoms with Crippen molar-refractivity contribution in [2.24, 2.45) is 0 Å². The lowest BCUT2D eigenvalue weighted by Crippen LogP contribution is -2.04. The highest BCUT2D eigenvalue weighted by molar-refractivity contribution is 5.68. The number of nitrogens with one attached hydrogen (secondary N) is 1. The van der Waals surface area contributed by atoms with Crippen molar-refractivity contribution < 1.29 is 0 Å². The number of aryl methyl sites for hydroxylation is 1. The molecule has 0 saturated carbocycles. The van der Waals surface area contributed by atoms with Crippen molar-refractivity contribution in [2.45, 2.75) is 19.9 Å². The van der Waals surface area contributed by atoms with Crippen LogP contribution in [0.4, 0.5) is 11.4 Å². The second kappa shape index (κ2) is 5.92. The monoisotopic (exact) mass is 251 g/mol. The van der Waals surface area contributed by atoms with Crippen molar-refractivity contribution in [2.75, 3.05) is 11.1 Å². The predicted molar refractivity (Wildman–Crippen MR) is 78.7 cm³/mol. The van der Waals surface area contributed by atoms with E-state index in [1.807, 2.05) is 12.1 Å². The van der Waals surface area contributed by atoms with Gasteiger partial charge in [0.1, 0.15) is 0 Å². The molecule has 0 heterocycles. The van der Waals surface area contributed by atoms with Gasteiger partial charge < -0.3 is 11.1 Å². The summed E-state index contributed by atoms with van der Waals surface area (Å²) in [5.74, 6) is 0. The summed E-state index contributed by atoms with van der Waals surface area (Å²) >= 11 is 0. The fourth-order valence-electron chi connectivity index (χ4n) is 2.06. The molecule has 0 bridgehead atoms. The molecule has 0 atom stereocenters. The van der Waals surface area contributed by atoms with Crippen LogP contribution >= 0.6 is 0 Å². The third-order valence-corrected chi connectivity index (χ3v) is 3.15. The van der Waals surface area contributed by atoms with E-state index in [0.717, 1.165) is 18.7 Å². The zero-order chi connectivity index (χ0) is 13.7. The van der Waals surface area contributed by atoms with E-state index >= 15 is 0 Å². The lowest BCUT2D eigenvalue weighted by Gasteiger charge is -2.12. The average Bonchev–Trinajstić information content (AvgIpc) is 2.46. The van der Waals surface area contributed by atoms with E-state index in [2.05, 4.69) is 36.5 Å². The van der Waals surface area contributed by atoms with Gasteiger partial charge in [0, 0.05) is 6.54 Å². The van der Waals surface area contributed by atoms with Gasteiger partial charge in [-0.2, -0.15) is 5.26 Å². The summed E-state index contributed by atoms with van der Waals surface area (Å²) in [6.45, 7) is 2.88. The van der Waals surface area contributed by atoms with Crippen LogP contribution in [0.3, 0.4) is 0 Å². The summed E-state index contributed by atoms with van der Waals surface area (Å²) in [6, 6.07) is 15.7. The molecule has 3 N–H and O–H groups in total. The third-order valence-electron chi connectivity index (χ3n) is 3.15. The van der Waals surface area contributed by atoms with Crippen LogP contribution in [0, 0.1) is 11.3 Å². The Balaban J connectivity index is 2.13. The zero-order valence-corrected chi connectivity index (χ0v) is 11.0. The largest absolute Gasteiger partial charge is 0.397 e. The summed E-state index contributed by atoms with van der Waals surface area (Å²) in [4.78, 5) is 0. The number of benzene rings is 2. The van der Waals surface area contributed by atoms with Crippen molar-refractivity contribution in [3.05, 3.63) is 59.2 Å². The van der Waals surface area contributed by atoms with E-state index in [1.165, 1.54) is 11.1 Å². The van der Waals surface area contributed by atoms with Crippen LogP contribution in [0.25, 0.3) is 0 Å². The minimum atomic E-state index is 0.581. The summed E-state index contributed by atoms with van der Waals surface area (Å²) < 4.78 is 0. The van der Waals surface area contributed by atoms with Gasteiger partial charge in [0.05, 0.1) is 23.0 Å². The van der Waals surface area contributed by atoms with Crippen LogP contribution in [-0.2, 0) is 13.0 Å². The minimum Gasteiger partial charge on any atom is -0.397 e. The van der Waals surface area contributed by atoms with Crippen LogP contribution in [0.15, 0.2) is 42.5 Å². The number of nitrogens with two attached hydrogens (primary N) is 1. The molecule has 0 aliphatic rings. The van der Waals surface area contributed by atoms with Gasteiger partial charge in [0.25, 0.3) is 0 Å². The maximum Gasteiger partial charge on any atom is 0.0992 e. The second-order valence-corrected chi connectivity index (χ2v) is 4.39. The molecule has 2 aromatic rings. The molecule has 0 aliphatic carbocycles. The van der Waals surface area contributed by atoms with Gasteiger partial charge in [-0.1, -0.05) is 31.2 Å². The Kier molecular flexibility index (Phi) is 4.04. The van der Waals surface area contributed by atoms with Gasteiger partial charge in [0.2, 0.25) is 0 Å². The Morgan fingerprint density at radius 3 is 2.53 bits per heavy atom. The van der Waals surface area contributed by atoms with Crippen molar-refractivity contribution >= 4 is 11.4 Å². The highest BCUT2D eigenvalue weighted by Gasteiger charge is 2.03. The van der Waals surface area contributed by atoms with Crippen LogP contribution < -0.4 is 11.1 Å². The predicted octanol–water partition coefficient (Wildman–Crippen LogP) is 3.31. The van der Waals surface area contributed by atoms with Gasteiger partial charge in [-0.15, -0.1) is 0 Å². The van der Waals surface area contributed by atoms with Crippen LogP contribution in [0.5, 0.6) is 0 Å². The van der Waals surface area contributed by atoms with Gasteiger partial charge in [-0.05, 0) is 35.7 Å². The first-order chi connectivity index (χ1) is 9.24. The number of hydrogen-bond acceptors (Lipinski definition) is 3. The highest BCUT2D eigenvalue weighted by Crippen LogP contribution is 2.21. The molecule has 3 heteroatoms. The molecule has 0 saturated heterocycles. The van der Waals surface area contributed by atoms with E-state index in [-0.39, 0.29) is 0 Å². The Bertz CT molecular complexity index is 612. The molecule has 96 valence electrons. The molecule has 0 unspecified atom stereocenters. The molecule has 2 aromatic carbocycles. The van der Waals surface area contributed by atoms with Crippen LogP contribution in [0.2, 0.25) is 0 Å². The normalized spacial score (nSPS) is 9.89. The molecular formula is C16H17N3. The van der Waals surface area contributed by atoms with Crippen molar-refractivity contribution in [1.29, 1.82) is 5.26 Å². The quantitative estimate of drug-likeness (QED) is 0.819. The fraction of sp³-hybridized carbons (Fsp3) is 0.188. The molecule has 0 aliphatic heterocycles. The van der Waals surface area contributed by atoms with Crippen molar-refractivity contribution in [1.82, 2.24) is 0 Å². The Labute approximate surface area is 113 Å². The number of hydrogen-bond donors (Lipinski definition) is 2. The molecule has 0 fully saturated rings. The van der Waals surface area contributed by atoms with Crippen LogP contribution in [-0.4, -0.2) is 0 Å². The maximum absolute atomic E-state index is 8.80. The van der Waals surface area contributed by atoms with E-state index in [1.54, 1.807) is 12.1 Å². The lowest BCUT2D eigenvalue weighted by atomic mass is 10.1. The van der Waals surface area contributed by atoms with Gasteiger partial charge in [0.15, 0.2) is 0 Å². The number of anilines is 2. The summed E-state index contributed by atoms with van der Waals surface area (Å²) in [5, 5.41) is 12.1. The third kappa shape index (κ3) is 3.05. The van der Waals surface area contributed by atoms with Crippen LogP contribution in [0.1, 0.15) is 23.6 Å². The van der Waals surface area contributed by atoms with E-state index < -0.39 is 0 Å². The van der Waals surface area contributed by atoms with Gasteiger partial charge in [-0.3, -0.25) is 0 Å². The highest BCUT2D eigenvalue weighted by atomic mass is 14.9. The Morgan fingerprint density at radius 2 is 1.89 bits per heavy atom. The molecular weight excluding hydrogens is 234 g/mol. The Hall–Kier alpha value is -2.47. The first kappa shape index (κ1) is 13.0. The van der Waals surface area contributed by atoms with Crippen molar-refractivity contribution in [3.63, 3.8) is 0 Å². The average molecular weight is 251 g/mol. The molecule has 0 spiro atoms. The maximum atomic E-state index is 8.80. The van der Waals surface area contributed by atoms with Gasteiger partial charge >= 0.3 is 0 Å².